The number of nitrogens with zero attached hydrogens (tertiary/aromatic N) is 2. The van der Waals surface area contributed by atoms with E-state index in [2.05, 4.69) is 391 Å². The first kappa shape index (κ1) is 62.3. The number of aromatic nitrogens is 1. The van der Waals surface area contributed by atoms with E-state index < -0.39 is 5.41 Å². The molecule has 22 rings (SSSR count). The number of nitrogens with one attached hydrogen (secondary N) is 1. The summed E-state index contributed by atoms with van der Waals surface area (Å²) in [7, 11) is 0. The van der Waals surface area contributed by atoms with Crippen molar-refractivity contribution >= 4 is 94.1 Å². The number of anilines is 5. The number of benzene rings is 17. The summed E-state index contributed by atoms with van der Waals surface area (Å²) in [5.41, 5.74) is 33.7. The van der Waals surface area contributed by atoms with Crippen molar-refractivity contribution < 1.29 is 8.83 Å². The molecule has 0 amide bonds. The molecule has 0 radical (unpaired) electrons. The molecule has 108 heavy (non-hydrogen) atoms. The van der Waals surface area contributed by atoms with E-state index in [1.54, 1.807) is 0 Å². The van der Waals surface area contributed by atoms with Crippen molar-refractivity contribution in [2.75, 3.05) is 10.2 Å². The Bertz CT molecular complexity index is 6870. The van der Waals surface area contributed by atoms with Crippen molar-refractivity contribution in [1.82, 2.24) is 4.57 Å². The van der Waals surface area contributed by atoms with Gasteiger partial charge in [0, 0.05) is 77.2 Å². The van der Waals surface area contributed by atoms with Gasteiger partial charge in [-0.1, -0.05) is 334 Å². The van der Waals surface area contributed by atoms with E-state index >= 15 is 0 Å². The fourth-order valence-corrected chi connectivity index (χ4v) is 17.5. The van der Waals surface area contributed by atoms with E-state index in [1.165, 1.54) is 94.3 Å². The maximum absolute atomic E-state index is 6.57. The van der Waals surface area contributed by atoms with Crippen molar-refractivity contribution in [3.8, 4) is 83.6 Å². The number of hydrogen-bond donors (Lipinski definition) is 1. The number of furan rings is 2. The summed E-state index contributed by atoms with van der Waals surface area (Å²) in [6.45, 7) is 0. The Morgan fingerprint density at radius 3 is 1.33 bits per heavy atom. The fraction of sp³-hybridized carbons (Fsp3) is 0.00971. The molecule has 0 bridgehead atoms. The minimum absolute atomic E-state index is 0.587. The number of fused-ring (bicyclic) bond motifs is 18. The summed E-state index contributed by atoms with van der Waals surface area (Å²) in [6, 6.07) is 144. The van der Waals surface area contributed by atoms with Crippen LogP contribution in [0.5, 0.6) is 0 Å². The molecule has 0 saturated heterocycles. The molecule has 3 aromatic heterocycles. The molecule has 0 saturated carbocycles. The van der Waals surface area contributed by atoms with Crippen LogP contribution in [0, 0.1) is 0 Å². The monoisotopic (exact) mass is 1380 g/mol. The van der Waals surface area contributed by atoms with E-state index in [-0.39, 0.29) is 0 Å². The molecule has 5 heteroatoms. The lowest BCUT2D eigenvalue weighted by atomic mass is 9.65. The standard InChI is InChI=1S/C67H42N2O.C36H25NO/c1-2-17-43(18-3-1)44-35-37-45(38-36-44)48-19-5-10-30-59(48)68(47-41-39-46(40-42-47)49-23-14-25-53-51-21-7-13-34-63(51)70-66(49)53)62-33-16-28-57-64(62)54-22-4-8-26-55(54)67(57)56-27-9-12-32-61(56)69-60-31-11-6-20-50(60)52-24-15-29-58(67)65(52)69;1-2-9-25(10-3-1)26-17-19-27(20-18-26)30-11-4-6-15-34(30)37-29-23-21-28(22-24-29)31-13-8-14-33-32-12-5-7-16-35(32)38-36(31)33/h1-42H;1-24,37H. The first-order valence-electron chi connectivity index (χ1n) is 37.0. The number of rotatable bonds is 11. The molecule has 1 spiro atoms. The van der Waals surface area contributed by atoms with Crippen LogP contribution in [0.3, 0.4) is 0 Å². The van der Waals surface area contributed by atoms with Crippen molar-refractivity contribution in [1.29, 1.82) is 0 Å². The van der Waals surface area contributed by atoms with Gasteiger partial charge in [0.25, 0.3) is 0 Å². The Kier molecular flexibility index (Phi) is 14.8. The Morgan fingerprint density at radius 1 is 0.259 bits per heavy atom. The summed E-state index contributed by atoms with van der Waals surface area (Å²) < 4.78 is 15.3. The Hall–Kier alpha value is -14.3. The van der Waals surface area contributed by atoms with Crippen LogP contribution in [-0.2, 0) is 5.41 Å². The van der Waals surface area contributed by atoms with Gasteiger partial charge in [-0.15, -0.1) is 0 Å². The van der Waals surface area contributed by atoms with E-state index in [4.69, 9.17) is 8.83 Å². The van der Waals surface area contributed by atoms with Crippen molar-refractivity contribution in [3.63, 3.8) is 0 Å². The highest BCUT2D eigenvalue weighted by Crippen LogP contribution is 2.64. The van der Waals surface area contributed by atoms with Crippen LogP contribution in [0.4, 0.5) is 28.4 Å². The molecule has 1 unspecified atom stereocenters. The highest BCUT2D eigenvalue weighted by molar-refractivity contribution is 6.15. The average Bonchev–Trinajstić information content (AvgIpc) is 1.49. The third-order valence-corrected chi connectivity index (χ3v) is 22.3. The average molecular weight is 1380 g/mol. The lowest BCUT2D eigenvalue weighted by Gasteiger charge is -2.39. The second-order valence-corrected chi connectivity index (χ2v) is 28.2. The van der Waals surface area contributed by atoms with E-state index in [1.807, 2.05) is 24.3 Å². The van der Waals surface area contributed by atoms with Gasteiger partial charge in [-0.05, 0) is 139 Å². The van der Waals surface area contributed by atoms with E-state index in [0.717, 1.165) is 106 Å². The summed E-state index contributed by atoms with van der Waals surface area (Å²) >= 11 is 0. The van der Waals surface area contributed by atoms with Crippen LogP contribution >= 0.6 is 0 Å². The predicted octanol–water partition coefficient (Wildman–Crippen LogP) is 28.2. The minimum Gasteiger partial charge on any atom is -0.455 e. The highest BCUT2D eigenvalue weighted by atomic mass is 16.3. The molecule has 4 heterocycles. The van der Waals surface area contributed by atoms with Crippen molar-refractivity contribution in [2.45, 2.75) is 5.41 Å². The second kappa shape index (κ2) is 25.6. The minimum atomic E-state index is -0.587. The fourth-order valence-electron chi connectivity index (χ4n) is 17.5. The highest BCUT2D eigenvalue weighted by Gasteiger charge is 2.52. The van der Waals surface area contributed by atoms with Gasteiger partial charge in [0.2, 0.25) is 0 Å². The zero-order valence-electron chi connectivity index (χ0n) is 58.8. The quantitative estimate of drug-likeness (QED) is 0.140. The predicted molar refractivity (Wildman–Crippen MR) is 450 cm³/mol. The van der Waals surface area contributed by atoms with E-state index in [0.29, 0.717) is 0 Å². The molecule has 1 aliphatic heterocycles. The van der Waals surface area contributed by atoms with Crippen molar-refractivity contribution in [3.05, 3.63) is 423 Å². The van der Waals surface area contributed by atoms with E-state index in [9.17, 15) is 0 Å². The third-order valence-electron chi connectivity index (χ3n) is 22.3. The molecule has 506 valence electrons. The van der Waals surface area contributed by atoms with Crippen LogP contribution in [0.15, 0.2) is 409 Å². The normalized spacial score (nSPS) is 13.2. The molecule has 1 N–H and O–H groups in total. The Morgan fingerprint density at radius 2 is 0.676 bits per heavy atom. The lowest BCUT2D eigenvalue weighted by Crippen LogP contribution is -2.33. The smallest absolute Gasteiger partial charge is 0.143 e. The lowest BCUT2D eigenvalue weighted by molar-refractivity contribution is 0.669. The SMILES string of the molecule is c1ccc(-c2ccc(-c3ccccc3N(c3ccc(-c4cccc5c4oc4ccccc45)cc3)c3cccc4c3-c3ccccc3C43c4ccccc4-n4c5ccccc5c5cccc3c54)cc2)cc1.c1ccc(-c2ccc(-c3ccccc3Nc3ccc(-c4cccc5c4oc4ccccc45)cc3)cc2)cc1. The Balaban J connectivity index is 0.000000165. The second-order valence-electron chi connectivity index (χ2n) is 28.2. The molecule has 5 nitrogen and oxygen atoms in total. The van der Waals surface area contributed by atoms with Gasteiger partial charge in [-0.25, -0.2) is 0 Å². The van der Waals surface area contributed by atoms with Gasteiger partial charge in [-0.2, -0.15) is 0 Å². The summed E-state index contributed by atoms with van der Waals surface area (Å²) in [6.07, 6.45) is 0. The summed E-state index contributed by atoms with van der Waals surface area (Å²) in [5.74, 6) is 0. The third kappa shape index (κ3) is 10.0. The molecule has 2 aliphatic rings. The molecular formula is C103H67N3O2. The molecule has 17 aromatic carbocycles. The van der Waals surface area contributed by atoms with Gasteiger partial charge in [0.15, 0.2) is 0 Å². The van der Waals surface area contributed by atoms with Crippen LogP contribution in [0.2, 0.25) is 0 Å². The van der Waals surface area contributed by atoms with Crippen molar-refractivity contribution in [2.24, 2.45) is 0 Å². The Labute approximate surface area is 625 Å². The number of hydrogen-bond acceptors (Lipinski definition) is 4. The molecule has 20 aromatic rings. The first-order valence-corrected chi connectivity index (χ1v) is 37.0. The van der Waals surface area contributed by atoms with Gasteiger partial charge < -0.3 is 23.6 Å². The molecule has 1 atom stereocenters. The van der Waals surface area contributed by atoms with Gasteiger partial charge >= 0.3 is 0 Å². The summed E-state index contributed by atoms with van der Waals surface area (Å²) in [5, 5.41) is 10.7. The maximum Gasteiger partial charge on any atom is 0.143 e. The zero-order valence-corrected chi connectivity index (χ0v) is 58.8. The number of para-hydroxylation sites is 9. The van der Waals surface area contributed by atoms with Crippen LogP contribution in [0.1, 0.15) is 22.3 Å². The van der Waals surface area contributed by atoms with Gasteiger partial charge in [-0.3, -0.25) is 0 Å². The van der Waals surface area contributed by atoms with Gasteiger partial charge in [0.1, 0.15) is 22.3 Å². The van der Waals surface area contributed by atoms with Crippen LogP contribution in [0.25, 0.3) is 149 Å². The molecule has 0 fully saturated rings. The van der Waals surface area contributed by atoms with Crippen LogP contribution < -0.4 is 10.2 Å². The van der Waals surface area contributed by atoms with Crippen LogP contribution in [-0.4, -0.2) is 4.57 Å². The topological polar surface area (TPSA) is 46.5 Å². The molecular weight excluding hydrogens is 1310 g/mol. The maximum atomic E-state index is 6.57. The summed E-state index contributed by atoms with van der Waals surface area (Å²) in [4.78, 5) is 2.51. The zero-order chi connectivity index (χ0) is 71.2. The van der Waals surface area contributed by atoms with Gasteiger partial charge in [0.05, 0.1) is 33.5 Å². The first-order chi connectivity index (χ1) is 53.6. The molecule has 1 aliphatic carbocycles. The largest absolute Gasteiger partial charge is 0.455 e.